The van der Waals surface area contributed by atoms with Crippen molar-refractivity contribution in [1.29, 1.82) is 0 Å². The third kappa shape index (κ3) is 3.42. The Hall–Kier alpha value is -0.610. The number of carboxylic acids is 1. The Bertz CT molecular complexity index is 267. The molecule has 1 aliphatic carbocycles. The number of aliphatic carboxylic acids is 1. The van der Waals surface area contributed by atoms with Crippen molar-refractivity contribution in [3.63, 3.8) is 0 Å². The molecule has 1 heterocycles. The molecule has 0 bridgehead atoms. The number of hydrogen-bond acceptors (Lipinski definition) is 3. The molecule has 0 aromatic rings. The summed E-state index contributed by atoms with van der Waals surface area (Å²) >= 11 is 0. The maximum absolute atomic E-state index is 10.6. The molecule has 4 nitrogen and oxygen atoms in total. The number of piperidine rings is 1. The van der Waals surface area contributed by atoms with Gasteiger partial charge in [0, 0.05) is 12.6 Å². The molecule has 1 aliphatic heterocycles. The molecule has 2 N–H and O–H groups in total. The van der Waals surface area contributed by atoms with E-state index in [0.29, 0.717) is 12.6 Å². The van der Waals surface area contributed by atoms with Gasteiger partial charge in [0.05, 0.1) is 12.5 Å². The lowest BCUT2D eigenvalue weighted by atomic mass is 9.78. The van der Waals surface area contributed by atoms with Crippen LogP contribution in [-0.4, -0.2) is 46.3 Å². The van der Waals surface area contributed by atoms with Crippen LogP contribution in [0.3, 0.4) is 0 Å². The summed E-state index contributed by atoms with van der Waals surface area (Å²) in [4.78, 5) is 12.9. The summed E-state index contributed by atoms with van der Waals surface area (Å²) in [5.41, 5.74) is 0. The molecule has 1 saturated carbocycles. The molecular weight excluding hydrogens is 218 g/mol. The summed E-state index contributed by atoms with van der Waals surface area (Å²) < 4.78 is 0. The number of likely N-dealkylation sites (tertiary alicyclic amines) is 1. The first-order valence-corrected chi connectivity index (χ1v) is 6.80. The van der Waals surface area contributed by atoms with Gasteiger partial charge in [-0.05, 0) is 38.1 Å². The van der Waals surface area contributed by atoms with Crippen molar-refractivity contribution in [3.8, 4) is 0 Å². The van der Waals surface area contributed by atoms with Gasteiger partial charge < -0.3 is 10.2 Å². The van der Waals surface area contributed by atoms with Crippen LogP contribution in [0, 0.1) is 5.92 Å². The van der Waals surface area contributed by atoms with Crippen LogP contribution in [0.4, 0.5) is 0 Å². The van der Waals surface area contributed by atoms with Crippen molar-refractivity contribution in [2.24, 2.45) is 5.92 Å². The topological polar surface area (TPSA) is 60.8 Å². The lowest BCUT2D eigenvalue weighted by molar-refractivity contribution is -0.139. The van der Waals surface area contributed by atoms with Crippen molar-refractivity contribution >= 4 is 5.97 Å². The van der Waals surface area contributed by atoms with Gasteiger partial charge in [0.1, 0.15) is 0 Å². The fourth-order valence-electron chi connectivity index (χ4n) is 3.49. The smallest absolute Gasteiger partial charge is 0.306 e. The third-order valence-electron chi connectivity index (χ3n) is 4.21. The highest BCUT2D eigenvalue weighted by Gasteiger charge is 2.33. The van der Waals surface area contributed by atoms with E-state index in [9.17, 15) is 9.90 Å². The molecule has 2 fully saturated rings. The van der Waals surface area contributed by atoms with Gasteiger partial charge in [0.25, 0.3) is 0 Å². The monoisotopic (exact) mass is 241 g/mol. The maximum atomic E-state index is 10.6. The van der Waals surface area contributed by atoms with Crippen LogP contribution < -0.4 is 0 Å². The number of carbonyl (C=O) groups is 1. The van der Waals surface area contributed by atoms with Gasteiger partial charge in [-0.2, -0.15) is 0 Å². The minimum Gasteiger partial charge on any atom is -0.481 e. The number of hydrogen-bond donors (Lipinski definition) is 2. The van der Waals surface area contributed by atoms with E-state index in [1.54, 1.807) is 0 Å². The highest BCUT2D eigenvalue weighted by Crippen LogP contribution is 2.35. The molecule has 0 amide bonds. The van der Waals surface area contributed by atoms with Gasteiger partial charge >= 0.3 is 5.97 Å². The highest BCUT2D eigenvalue weighted by atomic mass is 16.4. The lowest BCUT2D eigenvalue weighted by Gasteiger charge is -2.44. The SMILES string of the molecule is O=C(O)CC(O)CN1CCC[C@H]2CCCC[C@H]21. The number of β-amino-alcohol motifs (C(OH)–C–C–N with tert-alkyl or cyclic N) is 1. The second-order valence-electron chi connectivity index (χ2n) is 5.50. The summed E-state index contributed by atoms with van der Waals surface area (Å²) in [7, 11) is 0. The van der Waals surface area contributed by atoms with E-state index in [2.05, 4.69) is 4.90 Å². The van der Waals surface area contributed by atoms with Gasteiger partial charge in [0.15, 0.2) is 0 Å². The summed E-state index contributed by atoms with van der Waals surface area (Å²) in [6, 6.07) is 0.598. The number of rotatable bonds is 4. The standard InChI is InChI=1S/C13H23NO3/c15-11(8-13(16)17)9-14-7-3-5-10-4-1-2-6-12(10)14/h10-12,15H,1-9H2,(H,16,17)/t10-,11?,12-/m1/s1. The zero-order valence-corrected chi connectivity index (χ0v) is 10.3. The second-order valence-corrected chi connectivity index (χ2v) is 5.50. The first-order valence-electron chi connectivity index (χ1n) is 6.80. The van der Waals surface area contributed by atoms with Crippen molar-refractivity contribution in [1.82, 2.24) is 4.90 Å². The Balaban J connectivity index is 1.87. The predicted octanol–water partition coefficient (Wildman–Crippen LogP) is 1.48. The Labute approximate surface area is 103 Å². The quantitative estimate of drug-likeness (QED) is 0.782. The van der Waals surface area contributed by atoms with Crippen molar-refractivity contribution in [3.05, 3.63) is 0 Å². The summed E-state index contributed by atoms with van der Waals surface area (Å²) in [6.07, 6.45) is 6.83. The molecular formula is C13H23NO3. The van der Waals surface area contributed by atoms with Crippen LogP contribution in [0.15, 0.2) is 0 Å². The summed E-state index contributed by atoms with van der Waals surface area (Å²) in [5, 5.41) is 18.4. The van der Waals surface area contributed by atoms with Crippen molar-refractivity contribution in [2.45, 2.75) is 57.1 Å². The molecule has 0 aromatic heterocycles. The van der Waals surface area contributed by atoms with Gasteiger partial charge in [-0.15, -0.1) is 0 Å². The Morgan fingerprint density at radius 2 is 1.94 bits per heavy atom. The van der Waals surface area contributed by atoms with Crippen LogP contribution in [0.25, 0.3) is 0 Å². The van der Waals surface area contributed by atoms with Gasteiger partial charge in [-0.3, -0.25) is 9.69 Å². The van der Waals surface area contributed by atoms with Crippen molar-refractivity contribution in [2.75, 3.05) is 13.1 Å². The normalized spacial score (nSPS) is 31.8. The fourth-order valence-corrected chi connectivity index (χ4v) is 3.49. The van der Waals surface area contributed by atoms with E-state index in [-0.39, 0.29) is 6.42 Å². The fraction of sp³-hybridized carbons (Fsp3) is 0.923. The number of aliphatic hydroxyl groups is 1. The number of aliphatic hydroxyl groups excluding tert-OH is 1. The number of carboxylic acid groups (broad SMARTS) is 1. The second kappa shape index (κ2) is 5.83. The molecule has 0 aromatic carbocycles. The molecule has 2 aliphatic rings. The molecule has 0 radical (unpaired) electrons. The third-order valence-corrected chi connectivity index (χ3v) is 4.21. The van der Waals surface area contributed by atoms with Crippen LogP contribution in [0.1, 0.15) is 44.9 Å². The van der Waals surface area contributed by atoms with Crippen LogP contribution in [-0.2, 0) is 4.79 Å². The summed E-state index contributed by atoms with van der Waals surface area (Å²) in [5.74, 6) is -0.121. The predicted molar refractivity (Wildman–Crippen MR) is 64.8 cm³/mol. The average molecular weight is 241 g/mol. The molecule has 98 valence electrons. The molecule has 2 rings (SSSR count). The van der Waals surface area contributed by atoms with E-state index in [4.69, 9.17) is 5.11 Å². The minimum absolute atomic E-state index is 0.131. The van der Waals surface area contributed by atoms with Gasteiger partial charge in [-0.1, -0.05) is 12.8 Å². The van der Waals surface area contributed by atoms with E-state index >= 15 is 0 Å². The van der Waals surface area contributed by atoms with E-state index < -0.39 is 12.1 Å². The molecule has 17 heavy (non-hydrogen) atoms. The zero-order valence-electron chi connectivity index (χ0n) is 10.3. The molecule has 4 heteroatoms. The van der Waals surface area contributed by atoms with Crippen LogP contribution in [0.2, 0.25) is 0 Å². The largest absolute Gasteiger partial charge is 0.481 e. The van der Waals surface area contributed by atoms with Crippen molar-refractivity contribution < 1.29 is 15.0 Å². The Morgan fingerprint density at radius 1 is 1.24 bits per heavy atom. The molecule has 1 unspecified atom stereocenters. The zero-order chi connectivity index (χ0) is 12.3. The summed E-state index contributed by atoms with van der Waals surface area (Å²) in [6.45, 7) is 1.56. The lowest BCUT2D eigenvalue weighted by Crippen LogP contribution is -2.49. The minimum atomic E-state index is -0.908. The molecule has 3 atom stereocenters. The molecule has 0 spiro atoms. The Morgan fingerprint density at radius 3 is 2.71 bits per heavy atom. The van der Waals surface area contributed by atoms with E-state index in [1.165, 1.54) is 38.5 Å². The van der Waals surface area contributed by atoms with E-state index in [0.717, 1.165) is 12.5 Å². The van der Waals surface area contributed by atoms with Gasteiger partial charge in [0.2, 0.25) is 0 Å². The first-order chi connectivity index (χ1) is 8.16. The molecule has 1 saturated heterocycles. The van der Waals surface area contributed by atoms with Crippen LogP contribution in [0.5, 0.6) is 0 Å². The number of nitrogens with zero attached hydrogens (tertiary/aromatic N) is 1. The number of fused-ring (bicyclic) bond motifs is 1. The Kier molecular flexibility index (Phi) is 4.40. The van der Waals surface area contributed by atoms with E-state index in [1.807, 2.05) is 0 Å². The van der Waals surface area contributed by atoms with Crippen LogP contribution >= 0.6 is 0 Å². The maximum Gasteiger partial charge on any atom is 0.306 e. The van der Waals surface area contributed by atoms with Gasteiger partial charge in [-0.25, -0.2) is 0 Å². The highest BCUT2D eigenvalue weighted by molar-refractivity contribution is 5.67. The first kappa shape index (κ1) is 12.8. The average Bonchev–Trinajstić information content (AvgIpc) is 2.28.